The van der Waals surface area contributed by atoms with E-state index in [2.05, 4.69) is 36.1 Å². The van der Waals surface area contributed by atoms with E-state index in [4.69, 9.17) is 5.11 Å². The lowest BCUT2D eigenvalue weighted by Gasteiger charge is -2.38. The van der Waals surface area contributed by atoms with E-state index in [1.807, 2.05) is 11.4 Å². The number of carbonyl (C=O) groups is 1. The lowest BCUT2D eigenvalue weighted by atomic mass is 10.00. The minimum atomic E-state index is -0.0675. The third-order valence-corrected chi connectivity index (χ3v) is 4.58. The number of amides is 1. The smallest absolute Gasteiger partial charge is 0.266 e. The second-order valence-corrected chi connectivity index (χ2v) is 6.36. The summed E-state index contributed by atoms with van der Waals surface area (Å²) >= 11 is 1.46. The SMILES string of the molecule is CC1CCCC(C)N1NC(=O)c1csc(C#CCCO)c1. The lowest BCUT2D eigenvalue weighted by Crippen LogP contribution is -2.54. The van der Waals surface area contributed by atoms with E-state index >= 15 is 0 Å². The van der Waals surface area contributed by atoms with Crippen LogP contribution in [0.3, 0.4) is 0 Å². The Morgan fingerprint density at radius 2 is 2.19 bits per heavy atom. The van der Waals surface area contributed by atoms with Gasteiger partial charge in [0.1, 0.15) is 0 Å². The monoisotopic (exact) mass is 306 g/mol. The molecule has 1 aliphatic heterocycles. The quantitative estimate of drug-likeness (QED) is 0.843. The van der Waals surface area contributed by atoms with E-state index in [-0.39, 0.29) is 12.5 Å². The number of hydrazine groups is 1. The molecule has 21 heavy (non-hydrogen) atoms. The Morgan fingerprint density at radius 1 is 1.48 bits per heavy atom. The van der Waals surface area contributed by atoms with Crippen LogP contribution < -0.4 is 5.43 Å². The van der Waals surface area contributed by atoms with Crippen LogP contribution in [-0.4, -0.2) is 34.7 Å². The molecule has 2 heterocycles. The first kappa shape index (κ1) is 16.0. The molecule has 0 radical (unpaired) electrons. The minimum Gasteiger partial charge on any atom is -0.395 e. The Labute approximate surface area is 130 Å². The van der Waals surface area contributed by atoms with Crippen molar-refractivity contribution in [2.24, 2.45) is 0 Å². The fourth-order valence-electron chi connectivity index (χ4n) is 2.55. The first-order valence-corrected chi connectivity index (χ1v) is 8.27. The van der Waals surface area contributed by atoms with Gasteiger partial charge in [-0.15, -0.1) is 11.3 Å². The summed E-state index contributed by atoms with van der Waals surface area (Å²) in [4.78, 5) is 13.2. The number of aliphatic hydroxyl groups excluding tert-OH is 1. The zero-order valence-electron chi connectivity index (χ0n) is 12.6. The molecule has 0 aromatic carbocycles. The van der Waals surface area contributed by atoms with Crippen molar-refractivity contribution < 1.29 is 9.90 Å². The van der Waals surface area contributed by atoms with E-state index in [0.29, 0.717) is 24.1 Å². The Hall–Kier alpha value is -1.35. The zero-order valence-corrected chi connectivity index (χ0v) is 13.4. The number of hydrogen-bond acceptors (Lipinski definition) is 4. The van der Waals surface area contributed by atoms with Crippen molar-refractivity contribution >= 4 is 17.2 Å². The summed E-state index contributed by atoms with van der Waals surface area (Å²) in [5.74, 6) is 5.76. The molecule has 2 atom stereocenters. The van der Waals surface area contributed by atoms with Gasteiger partial charge >= 0.3 is 0 Å². The molecule has 0 spiro atoms. The molecule has 1 amide bonds. The molecule has 0 saturated carbocycles. The maximum atomic E-state index is 12.3. The van der Waals surface area contributed by atoms with Gasteiger partial charge in [0, 0.05) is 23.9 Å². The van der Waals surface area contributed by atoms with Crippen molar-refractivity contribution in [2.45, 2.75) is 51.6 Å². The third kappa shape index (κ3) is 4.31. The van der Waals surface area contributed by atoms with Gasteiger partial charge in [-0.25, -0.2) is 5.01 Å². The normalized spacial score (nSPS) is 22.4. The van der Waals surface area contributed by atoms with Crippen molar-refractivity contribution in [3.63, 3.8) is 0 Å². The maximum absolute atomic E-state index is 12.3. The highest BCUT2D eigenvalue weighted by Crippen LogP contribution is 2.21. The maximum Gasteiger partial charge on any atom is 0.266 e. The Balaban J connectivity index is 1.99. The summed E-state index contributed by atoms with van der Waals surface area (Å²) in [6.07, 6.45) is 3.91. The summed E-state index contributed by atoms with van der Waals surface area (Å²) < 4.78 is 0. The number of piperidine rings is 1. The highest BCUT2D eigenvalue weighted by atomic mass is 32.1. The standard InChI is InChI=1S/C16H22N2O2S/c1-12-6-5-7-13(2)18(12)17-16(20)14-10-15(21-11-14)8-3-4-9-19/h10-13,19H,4-7,9H2,1-2H3,(H,17,20). The van der Waals surface area contributed by atoms with Crippen LogP contribution in [0.25, 0.3) is 0 Å². The number of nitrogens with one attached hydrogen (secondary N) is 1. The first-order chi connectivity index (χ1) is 10.1. The molecule has 1 aromatic heterocycles. The van der Waals surface area contributed by atoms with Crippen molar-refractivity contribution in [3.05, 3.63) is 21.9 Å². The van der Waals surface area contributed by atoms with Crippen molar-refractivity contribution in [3.8, 4) is 11.8 Å². The molecule has 1 fully saturated rings. The van der Waals surface area contributed by atoms with Crippen LogP contribution in [0.1, 0.15) is 54.8 Å². The molecule has 0 aliphatic carbocycles. The molecule has 0 bridgehead atoms. The largest absolute Gasteiger partial charge is 0.395 e. The fourth-order valence-corrected chi connectivity index (χ4v) is 3.30. The van der Waals surface area contributed by atoms with Crippen LogP contribution in [-0.2, 0) is 0 Å². The van der Waals surface area contributed by atoms with Crippen molar-refractivity contribution in [2.75, 3.05) is 6.61 Å². The predicted molar refractivity (Wildman–Crippen MR) is 85.0 cm³/mol. The molecular formula is C16H22N2O2S. The molecule has 2 rings (SSSR count). The molecule has 2 N–H and O–H groups in total. The van der Waals surface area contributed by atoms with Gasteiger partial charge in [0.15, 0.2) is 0 Å². The molecule has 5 heteroatoms. The second-order valence-electron chi connectivity index (χ2n) is 5.45. The molecule has 1 aromatic rings. The molecule has 2 unspecified atom stereocenters. The molecule has 114 valence electrons. The molecule has 1 saturated heterocycles. The van der Waals surface area contributed by atoms with Crippen LogP contribution in [0.5, 0.6) is 0 Å². The van der Waals surface area contributed by atoms with E-state index in [9.17, 15) is 4.79 Å². The highest BCUT2D eigenvalue weighted by molar-refractivity contribution is 7.10. The Kier molecular flexibility index (Phi) is 5.80. The van der Waals surface area contributed by atoms with Crippen LogP contribution >= 0.6 is 11.3 Å². The average Bonchev–Trinajstić information content (AvgIpc) is 2.92. The average molecular weight is 306 g/mol. The first-order valence-electron chi connectivity index (χ1n) is 7.39. The van der Waals surface area contributed by atoms with Crippen molar-refractivity contribution in [1.82, 2.24) is 10.4 Å². The van der Waals surface area contributed by atoms with Gasteiger partial charge in [0.05, 0.1) is 17.0 Å². The van der Waals surface area contributed by atoms with Crippen molar-refractivity contribution in [1.29, 1.82) is 0 Å². The Bertz CT molecular complexity index is 534. The molecule has 4 nitrogen and oxygen atoms in total. The van der Waals surface area contributed by atoms with E-state index in [1.54, 1.807) is 0 Å². The molecule has 1 aliphatic rings. The number of thiophene rings is 1. The topological polar surface area (TPSA) is 52.6 Å². The summed E-state index contributed by atoms with van der Waals surface area (Å²) in [5, 5.41) is 12.6. The van der Waals surface area contributed by atoms with Crippen LogP contribution in [0.4, 0.5) is 0 Å². The second kappa shape index (κ2) is 7.60. The summed E-state index contributed by atoms with van der Waals surface area (Å²) in [7, 11) is 0. The minimum absolute atomic E-state index is 0.0659. The van der Waals surface area contributed by atoms with Gasteiger partial charge in [-0.2, -0.15) is 0 Å². The summed E-state index contributed by atoms with van der Waals surface area (Å²) in [6, 6.07) is 2.56. The number of hydrogen-bond donors (Lipinski definition) is 2. The predicted octanol–water partition coefficient (Wildman–Crippen LogP) is 2.39. The third-order valence-electron chi connectivity index (χ3n) is 3.73. The van der Waals surface area contributed by atoms with E-state index in [1.165, 1.54) is 17.8 Å². The van der Waals surface area contributed by atoms with Gasteiger partial charge in [-0.05, 0) is 32.8 Å². The van der Waals surface area contributed by atoms with E-state index < -0.39 is 0 Å². The lowest BCUT2D eigenvalue weighted by molar-refractivity contribution is 0.0370. The number of rotatable bonds is 3. The number of aliphatic hydroxyl groups is 1. The zero-order chi connectivity index (χ0) is 15.2. The van der Waals surface area contributed by atoms with Crippen LogP contribution in [0.2, 0.25) is 0 Å². The van der Waals surface area contributed by atoms with Crippen LogP contribution in [0, 0.1) is 11.8 Å². The fraction of sp³-hybridized carbons (Fsp3) is 0.562. The van der Waals surface area contributed by atoms with Crippen LogP contribution in [0.15, 0.2) is 11.4 Å². The number of nitrogens with zero attached hydrogens (tertiary/aromatic N) is 1. The summed E-state index contributed by atoms with van der Waals surface area (Å²) in [6.45, 7) is 4.36. The van der Waals surface area contributed by atoms with Gasteiger partial charge in [0.2, 0.25) is 0 Å². The molecular weight excluding hydrogens is 284 g/mol. The van der Waals surface area contributed by atoms with E-state index in [0.717, 1.165) is 17.7 Å². The summed E-state index contributed by atoms with van der Waals surface area (Å²) in [5.41, 5.74) is 3.68. The van der Waals surface area contributed by atoms with Gasteiger partial charge in [0.25, 0.3) is 5.91 Å². The Morgan fingerprint density at radius 3 is 2.86 bits per heavy atom. The number of carbonyl (C=O) groups excluding carboxylic acids is 1. The highest BCUT2D eigenvalue weighted by Gasteiger charge is 2.26. The van der Waals surface area contributed by atoms with Gasteiger partial charge < -0.3 is 5.11 Å². The van der Waals surface area contributed by atoms with Gasteiger partial charge in [-0.3, -0.25) is 10.2 Å². The van der Waals surface area contributed by atoms with Gasteiger partial charge in [-0.1, -0.05) is 18.3 Å².